The van der Waals surface area contributed by atoms with Gasteiger partial charge in [-0.25, -0.2) is 0 Å². The molecule has 0 aliphatic heterocycles. The van der Waals surface area contributed by atoms with Gasteiger partial charge in [0.2, 0.25) is 0 Å². The lowest BCUT2D eigenvalue weighted by Gasteiger charge is -2.08. The van der Waals surface area contributed by atoms with E-state index in [-0.39, 0.29) is 0 Å². The summed E-state index contributed by atoms with van der Waals surface area (Å²) in [5.74, 6) is 0.882. The maximum absolute atomic E-state index is 7.99. The van der Waals surface area contributed by atoms with Crippen LogP contribution in [0.3, 0.4) is 0 Å². The molecule has 0 spiro atoms. The zero-order valence-electron chi connectivity index (χ0n) is 12.0. The van der Waals surface area contributed by atoms with Crippen LogP contribution < -0.4 is 10.5 Å². The van der Waals surface area contributed by atoms with Crippen LogP contribution in [0.15, 0.2) is 24.3 Å². The molecule has 0 unspecified atom stereocenters. The predicted molar refractivity (Wildman–Crippen MR) is 81.2 cm³/mol. The summed E-state index contributed by atoms with van der Waals surface area (Å²) >= 11 is 0. The fourth-order valence-corrected chi connectivity index (χ4v) is 1.94. The quantitative estimate of drug-likeness (QED) is 0.500. The van der Waals surface area contributed by atoms with E-state index in [2.05, 4.69) is 13.0 Å². The molecular weight excluding hydrogens is 236 g/mol. The first-order chi connectivity index (χ1) is 9.26. The van der Waals surface area contributed by atoms with E-state index in [1.54, 1.807) is 0 Å². The Labute approximate surface area is 116 Å². The maximum atomic E-state index is 7.99. The highest BCUT2D eigenvalue weighted by Gasteiger charge is 2.02. The van der Waals surface area contributed by atoms with Crippen LogP contribution in [0.1, 0.15) is 44.6 Å². The van der Waals surface area contributed by atoms with Crippen LogP contribution in [0.4, 0.5) is 0 Å². The molecule has 3 heteroatoms. The van der Waals surface area contributed by atoms with Gasteiger partial charge in [-0.2, -0.15) is 0 Å². The van der Waals surface area contributed by atoms with Gasteiger partial charge in [-0.05, 0) is 43.5 Å². The minimum Gasteiger partial charge on any atom is -0.494 e. The molecule has 0 atom stereocenters. The van der Waals surface area contributed by atoms with Gasteiger partial charge in [-0.1, -0.05) is 31.9 Å². The highest BCUT2D eigenvalue weighted by atomic mass is 16.5. The van der Waals surface area contributed by atoms with Crippen molar-refractivity contribution in [3.63, 3.8) is 0 Å². The maximum Gasteiger partial charge on any atom is 0.119 e. The highest BCUT2D eigenvalue weighted by molar-refractivity contribution is 5.83. The van der Waals surface area contributed by atoms with Crippen LogP contribution in [0.25, 0.3) is 0 Å². The molecule has 19 heavy (non-hydrogen) atoms. The average Bonchev–Trinajstić information content (AvgIpc) is 2.40. The summed E-state index contributed by atoms with van der Waals surface area (Å²) in [6, 6.07) is 8.04. The molecule has 0 saturated carbocycles. The van der Waals surface area contributed by atoms with E-state index in [0.717, 1.165) is 42.7 Å². The Balaban J connectivity index is 2.40. The van der Waals surface area contributed by atoms with E-state index in [4.69, 9.17) is 15.9 Å². The van der Waals surface area contributed by atoms with Gasteiger partial charge in [0.1, 0.15) is 5.75 Å². The molecule has 0 bridgehead atoms. The lowest BCUT2D eigenvalue weighted by atomic mass is 10.0. The minimum absolute atomic E-state index is 0.655. The van der Waals surface area contributed by atoms with Crippen LogP contribution >= 0.6 is 0 Å². The van der Waals surface area contributed by atoms with Gasteiger partial charge >= 0.3 is 0 Å². The Bertz CT molecular complexity index is 377. The van der Waals surface area contributed by atoms with Crippen molar-refractivity contribution in [2.24, 2.45) is 5.73 Å². The van der Waals surface area contributed by atoms with Gasteiger partial charge < -0.3 is 15.9 Å². The topological polar surface area (TPSA) is 59.1 Å². The minimum atomic E-state index is 0.655. The zero-order valence-corrected chi connectivity index (χ0v) is 12.0. The van der Waals surface area contributed by atoms with Gasteiger partial charge in [0.25, 0.3) is 0 Å². The SMILES string of the molecule is CCCCCC(=N)Cc1cccc(OCCCN)c1. The molecule has 0 saturated heterocycles. The molecular formula is C16H26N2O. The summed E-state index contributed by atoms with van der Waals surface area (Å²) in [7, 11) is 0. The first kappa shape index (κ1) is 15.7. The summed E-state index contributed by atoms with van der Waals surface area (Å²) in [5, 5.41) is 7.99. The molecule has 0 amide bonds. The van der Waals surface area contributed by atoms with E-state index in [1.807, 2.05) is 18.2 Å². The van der Waals surface area contributed by atoms with Gasteiger partial charge in [0.05, 0.1) is 6.61 Å². The monoisotopic (exact) mass is 262 g/mol. The van der Waals surface area contributed by atoms with E-state index in [0.29, 0.717) is 13.2 Å². The van der Waals surface area contributed by atoms with E-state index < -0.39 is 0 Å². The third kappa shape index (κ3) is 6.97. The van der Waals surface area contributed by atoms with E-state index in [1.165, 1.54) is 12.8 Å². The first-order valence-electron chi connectivity index (χ1n) is 7.24. The van der Waals surface area contributed by atoms with Crippen molar-refractivity contribution in [1.82, 2.24) is 0 Å². The summed E-state index contributed by atoms with van der Waals surface area (Å²) in [6.07, 6.45) is 6.06. The molecule has 0 aromatic heterocycles. The lowest BCUT2D eigenvalue weighted by Crippen LogP contribution is -2.06. The zero-order chi connectivity index (χ0) is 13.9. The van der Waals surface area contributed by atoms with E-state index >= 15 is 0 Å². The lowest BCUT2D eigenvalue weighted by molar-refractivity contribution is 0.313. The molecule has 1 aromatic rings. The average molecular weight is 262 g/mol. The van der Waals surface area contributed by atoms with E-state index in [9.17, 15) is 0 Å². The smallest absolute Gasteiger partial charge is 0.119 e. The van der Waals surface area contributed by atoms with Crippen LogP contribution in [-0.2, 0) is 6.42 Å². The third-order valence-electron chi connectivity index (χ3n) is 3.02. The van der Waals surface area contributed by atoms with Crippen LogP contribution in [0, 0.1) is 5.41 Å². The van der Waals surface area contributed by atoms with Crippen molar-refractivity contribution < 1.29 is 4.74 Å². The number of hydrogen-bond donors (Lipinski definition) is 2. The number of nitrogens with two attached hydrogens (primary N) is 1. The van der Waals surface area contributed by atoms with Gasteiger partial charge in [-0.15, -0.1) is 0 Å². The number of hydrogen-bond acceptors (Lipinski definition) is 3. The van der Waals surface area contributed by atoms with Crippen molar-refractivity contribution in [2.75, 3.05) is 13.2 Å². The van der Waals surface area contributed by atoms with Crippen LogP contribution in [-0.4, -0.2) is 18.9 Å². The molecule has 1 aromatic carbocycles. The Hall–Kier alpha value is -1.35. The Morgan fingerprint density at radius 2 is 2.11 bits per heavy atom. The number of unbranched alkanes of at least 4 members (excludes halogenated alkanes) is 2. The molecule has 0 fully saturated rings. The Morgan fingerprint density at radius 3 is 2.84 bits per heavy atom. The molecule has 0 aliphatic carbocycles. The Morgan fingerprint density at radius 1 is 1.26 bits per heavy atom. The molecule has 0 radical (unpaired) electrons. The van der Waals surface area contributed by atoms with Gasteiger partial charge in [-0.3, -0.25) is 0 Å². The highest BCUT2D eigenvalue weighted by Crippen LogP contribution is 2.15. The van der Waals surface area contributed by atoms with Crippen LogP contribution in [0.5, 0.6) is 5.75 Å². The summed E-state index contributed by atoms with van der Waals surface area (Å²) in [5.41, 5.74) is 7.41. The summed E-state index contributed by atoms with van der Waals surface area (Å²) in [6.45, 7) is 3.50. The summed E-state index contributed by atoms with van der Waals surface area (Å²) < 4.78 is 5.62. The second kappa shape index (κ2) is 9.56. The first-order valence-corrected chi connectivity index (χ1v) is 7.24. The Kier molecular flexibility index (Phi) is 7.91. The van der Waals surface area contributed by atoms with Crippen molar-refractivity contribution in [2.45, 2.75) is 45.4 Å². The standard InChI is InChI=1S/C16H26N2O/c1-2-3-4-8-15(18)12-14-7-5-9-16(13-14)19-11-6-10-17/h5,7,9,13,18H,2-4,6,8,10-12,17H2,1H3. The largest absolute Gasteiger partial charge is 0.494 e. The van der Waals surface area contributed by atoms with Gasteiger partial charge in [0.15, 0.2) is 0 Å². The van der Waals surface area contributed by atoms with Crippen molar-refractivity contribution in [1.29, 1.82) is 5.41 Å². The molecule has 0 aliphatic rings. The fourth-order valence-electron chi connectivity index (χ4n) is 1.94. The predicted octanol–water partition coefficient (Wildman–Crippen LogP) is 3.56. The fraction of sp³-hybridized carbons (Fsp3) is 0.562. The molecule has 3 N–H and O–H groups in total. The number of nitrogens with one attached hydrogen (secondary N) is 1. The number of ether oxygens (including phenoxy) is 1. The van der Waals surface area contributed by atoms with Crippen molar-refractivity contribution >= 4 is 5.71 Å². The van der Waals surface area contributed by atoms with Crippen molar-refractivity contribution in [3.8, 4) is 5.75 Å². The number of rotatable bonds is 10. The second-order valence-corrected chi connectivity index (χ2v) is 4.88. The van der Waals surface area contributed by atoms with Crippen LogP contribution in [0.2, 0.25) is 0 Å². The second-order valence-electron chi connectivity index (χ2n) is 4.88. The normalized spacial score (nSPS) is 10.4. The van der Waals surface area contributed by atoms with Gasteiger partial charge in [0, 0.05) is 12.1 Å². The third-order valence-corrected chi connectivity index (χ3v) is 3.02. The molecule has 3 nitrogen and oxygen atoms in total. The molecule has 0 heterocycles. The molecule has 1 rings (SSSR count). The van der Waals surface area contributed by atoms with Crippen molar-refractivity contribution in [3.05, 3.63) is 29.8 Å². The number of benzene rings is 1. The summed E-state index contributed by atoms with van der Waals surface area (Å²) in [4.78, 5) is 0. The molecule has 106 valence electrons.